The number of nitrogens with one attached hydrogen (secondary N) is 1. The lowest BCUT2D eigenvalue weighted by Crippen LogP contribution is -2.50. The van der Waals surface area contributed by atoms with Gasteiger partial charge in [0.05, 0.1) is 17.9 Å². The van der Waals surface area contributed by atoms with Gasteiger partial charge in [-0.1, -0.05) is 62.7 Å². The normalized spacial score (nSPS) is 18.4. The molecule has 2 aromatic carbocycles. The van der Waals surface area contributed by atoms with Crippen molar-refractivity contribution >= 4 is 17.7 Å². The molecule has 1 atom stereocenters. The number of carboxylic acid groups (broad SMARTS) is 1. The molecule has 6 heteroatoms. The van der Waals surface area contributed by atoms with Crippen molar-refractivity contribution in [2.45, 2.75) is 51.6 Å². The lowest BCUT2D eigenvalue weighted by Gasteiger charge is -2.41. The second-order valence-electron chi connectivity index (χ2n) is 7.81. The highest BCUT2D eigenvalue weighted by atomic mass is 32.2. The number of hydrogen-bond donors (Lipinski definition) is 3. The molecular formula is C25H32N2O3S. The van der Waals surface area contributed by atoms with Gasteiger partial charge in [-0.15, -0.1) is 11.8 Å². The fourth-order valence-corrected chi connectivity index (χ4v) is 5.53. The third-order valence-corrected chi connectivity index (χ3v) is 7.04. The molecule has 31 heavy (non-hydrogen) atoms. The molecule has 0 radical (unpaired) electrons. The summed E-state index contributed by atoms with van der Waals surface area (Å²) in [6.45, 7) is 7.08. The molecule has 0 aliphatic carbocycles. The predicted molar refractivity (Wildman–Crippen MR) is 128 cm³/mol. The highest BCUT2D eigenvalue weighted by molar-refractivity contribution is 8.00. The Balaban J connectivity index is 1.89. The van der Waals surface area contributed by atoms with Gasteiger partial charge in [0.15, 0.2) is 4.99 Å². The first-order valence-corrected chi connectivity index (χ1v) is 11.9. The Kier molecular flexibility index (Phi) is 7.68. The van der Waals surface area contributed by atoms with E-state index in [-0.39, 0.29) is 11.6 Å². The Labute approximate surface area is 189 Å². The van der Waals surface area contributed by atoms with Crippen molar-refractivity contribution in [3.8, 4) is 11.1 Å². The fourth-order valence-electron chi connectivity index (χ4n) is 4.21. The van der Waals surface area contributed by atoms with Gasteiger partial charge in [-0.2, -0.15) is 0 Å². The average Bonchev–Trinajstić information content (AvgIpc) is 3.03. The van der Waals surface area contributed by atoms with Crippen molar-refractivity contribution in [1.29, 1.82) is 0 Å². The van der Waals surface area contributed by atoms with Crippen LogP contribution < -0.4 is 5.32 Å². The summed E-state index contributed by atoms with van der Waals surface area (Å²) in [4.78, 5) is 13.6. The molecule has 3 rings (SSSR count). The van der Waals surface area contributed by atoms with E-state index in [4.69, 9.17) is 0 Å². The molecule has 0 saturated carbocycles. The summed E-state index contributed by atoms with van der Waals surface area (Å²) in [6, 6.07) is 15.1. The minimum absolute atomic E-state index is 0.00104. The third kappa shape index (κ3) is 4.91. The monoisotopic (exact) mass is 440 g/mol. The van der Waals surface area contributed by atoms with E-state index >= 15 is 0 Å². The third-order valence-electron chi connectivity index (χ3n) is 5.74. The van der Waals surface area contributed by atoms with Crippen LogP contribution in [-0.4, -0.2) is 38.4 Å². The summed E-state index contributed by atoms with van der Waals surface area (Å²) in [5.41, 5.74) is 5.00. The number of rotatable bonds is 10. The maximum Gasteiger partial charge on any atom is 0.336 e. The van der Waals surface area contributed by atoms with Crippen LogP contribution in [0.25, 0.3) is 11.1 Å². The molecule has 5 nitrogen and oxygen atoms in total. The molecule has 1 heterocycles. The maximum atomic E-state index is 11.6. The van der Waals surface area contributed by atoms with E-state index in [0.717, 1.165) is 53.1 Å². The molecule has 3 N–H and O–H groups in total. The zero-order valence-electron chi connectivity index (χ0n) is 18.5. The number of carboxylic acids is 1. The van der Waals surface area contributed by atoms with E-state index in [1.165, 1.54) is 0 Å². The van der Waals surface area contributed by atoms with Crippen LogP contribution in [-0.2, 0) is 6.54 Å². The molecule has 1 aliphatic heterocycles. The zero-order chi connectivity index (χ0) is 22.4. The Morgan fingerprint density at radius 1 is 1.13 bits per heavy atom. The highest BCUT2D eigenvalue weighted by Crippen LogP contribution is 2.41. The van der Waals surface area contributed by atoms with E-state index in [1.807, 2.05) is 43.0 Å². The lowest BCUT2D eigenvalue weighted by molar-refractivity contribution is 0.0697. The smallest absolute Gasteiger partial charge is 0.336 e. The minimum Gasteiger partial charge on any atom is -0.478 e. The first kappa shape index (κ1) is 23.2. The van der Waals surface area contributed by atoms with Gasteiger partial charge in [-0.3, -0.25) is 0 Å². The molecule has 1 unspecified atom stereocenters. The summed E-state index contributed by atoms with van der Waals surface area (Å²) in [5.74, 6) is 0.0534. The molecule has 2 aromatic rings. The van der Waals surface area contributed by atoms with Crippen molar-refractivity contribution in [2.75, 3.05) is 12.4 Å². The van der Waals surface area contributed by atoms with Gasteiger partial charge in [0.25, 0.3) is 0 Å². The lowest BCUT2D eigenvalue weighted by atomic mass is 9.98. The van der Waals surface area contributed by atoms with E-state index in [9.17, 15) is 15.0 Å². The largest absolute Gasteiger partial charge is 0.478 e. The van der Waals surface area contributed by atoms with Gasteiger partial charge in [-0.05, 0) is 48.3 Å². The van der Waals surface area contributed by atoms with Crippen LogP contribution in [0.15, 0.2) is 59.9 Å². The van der Waals surface area contributed by atoms with Crippen LogP contribution in [0.1, 0.15) is 56.0 Å². The number of aliphatic hydroxyl groups is 1. The van der Waals surface area contributed by atoms with Gasteiger partial charge in [0, 0.05) is 12.2 Å². The topological polar surface area (TPSA) is 72.8 Å². The number of aliphatic hydroxyl groups excluding tert-OH is 1. The standard InChI is InChI=1S/C25H32N2O3S/c1-4-6-15-25(31-5-2)26-18(3)23(17-28)27(25)16-19-11-13-20(14-12-19)21-9-7-8-10-22(21)24(29)30/h7-14,26,28H,4-6,15-17H2,1-3H3,(H,29,30). The van der Waals surface area contributed by atoms with Crippen molar-refractivity contribution in [3.05, 3.63) is 71.1 Å². The summed E-state index contributed by atoms with van der Waals surface area (Å²) < 4.78 is 0. The number of thioether (sulfide) groups is 1. The van der Waals surface area contributed by atoms with Gasteiger partial charge >= 0.3 is 5.97 Å². The van der Waals surface area contributed by atoms with Crippen molar-refractivity contribution in [2.24, 2.45) is 0 Å². The van der Waals surface area contributed by atoms with E-state index in [1.54, 1.807) is 12.1 Å². The van der Waals surface area contributed by atoms with Crippen LogP contribution >= 0.6 is 11.8 Å². The number of allylic oxidation sites excluding steroid dienone is 1. The molecule has 0 amide bonds. The van der Waals surface area contributed by atoms with Gasteiger partial charge in [0.1, 0.15) is 0 Å². The second kappa shape index (κ2) is 10.2. The van der Waals surface area contributed by atoms with Gasteiger partial charge in [0.2, 0.25) is 0 Å². The molecule has 0 aromatic heterocycles. The molecule has 0 spiro atoms. The van der Waals surface area contributed by atoms with Gasteiger partial charge < -0.3 is 20.4 Å². The zero-order valence-corrected chi connectivity index (χ0v) is 19.3. The van der Waals surface area contributed by atoms with Crippen LogP contribution in [0.5, 0.6) is 0 Å². The molecule has 1 aliphatic rings. The van der Waals surface area contributed by atoms with Crippen molar-refractivity contribution in [3.63, 3.8) is 0 Å². The molecule has 0 bridgehead atoms. The van der Waals surface area contributed by atoms with E-state index in [0.29, 0.717) is 12.1 Å². The number of benzene rings is 2. The van der Waals surface area contributed by atoms with Crippen LogP contribution in [0.2, 0.25) is 0 Å². The fraction of sp³-hybridized carbons (Fsp3) is 0.400. The number of unbranched alkanes of at least 4 members (excludes halogenated alkanes) is 1. The highest BCUT2D eigenvalue weighted by Gasteiger charge is 2.43. The summed E-state index contributed by atoms with van der Waals surface area (Å²) in [5, 5.41) is 23.2. The maximum absolute atomic E-state index is 11.6. The molecule has 0 saturated heterocycles. The molecular weight excluding hydrogens is 408 g/mol. The van der Waals surface area contributed by atoms with Crippen molar-refractivity contribution in [1.82, 2.24) is 10.2 Å². The Hall–Kier alpha value is -2.44. The minimum atomic E-state index is -0.923. The first-order valence-electron chi connectivity index (χ1n) is 10.9. The molecule has 0 fully saturated rings. The predicted octanol–water partition coefficient (Wildman–Crippen LogP) is 5.28. The quantitative estimate of drug-likeness (QED) is 0.467. The Morgan fingerprint density at radius 3 is 2.45 bits per heavy atom. The summed E-state index contributed by atoms with van der Waals surface area (Å²) >= 11 is 1.88. The number of carbonyl (C=O) groups is 1. The number of nitrogens with zero attached hydrogens (tertiary/aromatic N) is 1. The van der Waals surface area contributed by atoms with Gasteiger partial charge in [-0.25, -0.2) is 4.79 Å². The number of hydrogen-bond acceptors (Lipinski definition) is 5. The molecule has 166 valence electrons. The Morgan fingerprint density at radius 2 is 1.84 bits per heavy atom. The SMILES string of the molecule is CCCCC1(SCC)NC(C)=C(CO)N1Cc1ccc(-c2ccccc2C(=O)O)cc1. The number of aromatic carboxylic acids is 1. The van der Waals surface area contributed by atoms with Crippen molar-refractivity contribution < 1.29 is 15.0 Å². The first-order chi connectivity index (χ1) is 15.0. The van der Waals surface area contributed by atoms with E-state index in [2.05, 4.69) is 36.2 Å². The second-order valence-corrected chi connectivity index (χ2v) is 9.35. The Bertz CT molecular complexity index is 942. The summed E-state index contributed by atoms with van der Waals surface area (Å²) in [6.07, 6.45) is 3.22. The van der Waals surface area contributed by atoms with E-state index < -0.39 is 5.97 Å². The summed E-state index contributed by atoms with van der Waals surface area (Å²) in [7, 11) is 0. The van der Waals surface area contributed by atoms with Crippen LogP contribution in [0, 0.1) is 0 Å². The van der Waals surface area contributed by atoms with Crippen LogP contribution in [0.3, 0.4) is 0 Å². The average molecular weight is 441 g/mol. The van der Waals surface area contributed by atoms with Crippen LogP contribution in [0.4, 0.5) is 0 Å².